The zero-order valence-electron chi connectivity index (χ0n) is 15.5. The molecule has 0 atom stereocenters. The second-order valence-corrected chi connectivity index (χ2v) is 6.30. The van der Waals surface area contributed by atoms with Crippen LogP contribution in [0.4, 0.5) is 22.7 Å². The number of rotatable bonds is 4. The largest absolute Gasteiger partial charge is 0.321 e. The Morgan fingerprint density at radius 2 is 1.07 bits per heavy atom. The Morgan fingerprint density at radius 1 is 0.733 bits per heavy atom. The van der Waals surface area contributed by atoms with Gasteiger partial charge in [0, 0.05) is 25.0 Å². The minimum absolute atomic E-state index is 0.291. The lowest BCUT2D eigenvalue weighted by Gasteiger charge is -2.19. The molecule has 0 bridgehead atoms. The van der Waals surface area contributed by atoms with E-state index in [9.17, 15) is 39.4 Å². The van der Waals surface area contributed by atoms with Crippen molar-refractivity contribution in [3.8, 4) is 0 Å². The number of hydrogen-bond acceptors (Lipinski definition) is 8. The first-order chi connectivity index (χ1) is 14.0. The number of nitrogens with zero attached hydrogens (tertiary/aromatic N) is 2. The fourth-order valence-electron chi connectivity index (χ4n) is 3.25. The van der Waals surface area contributed by atoms with Gasteiger partial charge in [-0.2, -0.15) is 0 Å². The normalized spacial score (nSPS) is 11.9. The Bertz CT molecular complexity index is 1110. The fourth-order valence-corrected chi connectivity index (χ4v) is 3.25. The van der Waals surface area contributed by atoms with Gasteiger partial charge in [0.1, 0.15) is 22.5 Å². The van der Waals surface area contributed by atoms with E-state index in [0.717, 1.165) is 38.1 Å². The van der Waals surface area contributed by atoms with E-state index in [1.54, 1.807) is 0 Å². The van der Waals surface area contributed by atoms with Crippen LogP contribution in [0.1, 0.15) is 45.7 Å². The molecule has 0 radical (unpaired) electrons. The number of carbonyl (C=O) groups is 4. The predicted octanol–water partition coefficient (Wildman–Crippen LogP) is 2.20. The maximum Gasteiger partial charge on any atom is 0.304 e. The highest BCUT2D eigenvalue weighted by molar-refractivity contribution is 6.32. The van der Waals surface area contributed by atoms with E-state index in [2.05, 4.69) is 10.6 Å². The molecule has 1 aliphatic rings. The molecule has 2 N–H and O–H groups in total. The highest BCUT2D eigenvalue weighted by atomic mass is 16.6. The lowest BCUT2D eigenvalue weighted by atomic mass is 9.81. The molecule has 0 unspecified atom stereocenters. The van der Waals surface area contributed by atoms with Gasteiger partial charge in [0.25, 0.3) is 0 Å². The summed E-state index contributed by atoms with van der Waals surface area (Å²) in [6, 6.07) is 4.28. The van der Waals surface area contributed by atoms with E-state index in [4.69, 9.17) is 0 Å². The lowest BCUT2D eigenvalue weighted by Crippen LogP contribution is -2.25. The second kappa shape index (κ2) is 7.16. The molecule has 1 aliphatic carbocycles. The van der Waals surface area contributed by atoms with Crippen LogP contribution in [0, 0.1) is 20.2 Å². The monoisotopic (exact) mass is 412 g/mol. The molecule has 0 fully saturated rings. The summed E-state index contributed by atoms with van der Waals surface area (Å²) in [5, 5.41) is 27.7. The summed E-state index contributed by atoms with van der Waals surface area (Å²) in [5.41, 5.74) is -4.16. The van der Waals surface area contributed by atoms with Crippen LogP contribution in [0.15, 0.2) is 24.3 Å². The number of nitro benzene ring substituents is 2. The minimum Gasteiger partial charge on any atom is -0.321 e. The smallest absolute Gasteiger partial charge is 0.304 e. The molecule has 2 amide bonds. The summed E-state index contributed by atoms with van der Waals surface area (Å²) in [6.07, 6.45) is 0. The van der Waals surface area contributed by atoms with E-state index in [1.807, 2.05) is 0 Å². The molecular weight excluding hydrogens is 400 g/mol. The van der Waals surface area contributed by atoms with E-state index in [1.165, 1.54) is 0 Å². The summed E-state index contributed by atoms with van der Waals surface area (Å²) >= 11 is 0. The van der Waals surface area contributed by atoms with Gasteiger partial charge in [-0.05, 0) is 24.3 Å². The molecule has 30 heavy (non-hydrogen) atoms. The summed E-state index contributed by atoms with van der Waals surface area (Å²) in [7, 11) is 0. The highest BCUT2D eigenvalue weighted by Gasteiger charge is 2.42. The van der Waals surface area contributed by atoms with Crippen molar-refractivity contribution < 1.29 is 29.0 Å². The van der Waals surface area contributed by atoms with Gasteiger partial charge in [-0.25, -0.2) is 0 Å². The van der Waals surface area contributed by atoms with Crippen molar-refractivity contribution in [2.75, 3.05) is 10.6 Å². The van der Waals surface area contributed by atoms with Crippen LogP contribution in [-0.4, -0.2) is 33.2 Å². The van der Waals surface area contributed by atoms with Crippen LogP contribution in [0.5, 0.6) is 0 Å². The number of nitrogens with one attached hydrogen (secondary N) is 2. The molecular formula is C18H12N4O8. The number of hydrogen-bond donors (Lipinski definition) is 2. The Balaban J connectivity index is 2.34. The number of amides is 2. The minimum atomic E-state index is -0.990. The molecule has 0 heterocycles. The average Bonchev–Trinajstić information content (AvgIpc) is 2.63. The Labute approximate surface area is 167 Å². The van der Waals surface area contributed by atoms with Crippen molar-refractivity contribution in [2.24, 2.45) is 0 Å². The van der Waals surface area contributed by atoms with E-state index in [0.29, 0.717) is 0 Å². The molecule has 3 rings (SSSR count). The summed E-state index contributed by atoms with van der Waals surface area (Å²) in [4.78, 5) is 70.2. The maximum atomic E-state index is 13.0. The van der Waals surface area contributed by atoms with Crippen LogP contribution in [0.3, 0.4) is 0 Å². The number of benzene rings is 2. The van der Waals surface area contributed by atoms with Crippen LogP contribution in [0.2, 0.25) is 0 Å². The molecule has 0 aliphatic heterocycles. The SMILES string of the molecule is CC(=O)Nc1ccc2c(c1[N+](=O)[O-])C(=O)c1ccc(NC(C)=O)c([N+](=O)[O-])c1C2=O. The molecule has 2 aromatic carbocycles. The van der Waals surface area contributed by atoms with Gasteiger partial charge in [0.15, 0.2) is 0 Å². The van der Waals surface area contributed by atoms with Crippen molar-refractivity contribution in [1.82, 2.24) is 0 Å². The second-order valence-electron chi connectivity index (χ2n) is 6.30. The van der Waals surface area contributed by atoms with Gasteiger partial charge < -0.3 is 10.6 Å². The zero-order chi connectivity index (χ0) is 22.3. The fraction of sp³-hybridized carbons (Fsp3) is 0.111. The van der Waals surface area contributed by atoms with E-state index in [-0.39, 0.29) is 11.4 Å². The number of carbonyl (C=O) groups excluding carboxylic acids is 4. The lowest BCUT2D eigenvalue weighted by molar-refractivity contribution is -0.384. The topological polar surface area (TPSA) is 179 Å². The molecule has 12 heteroatoms. The third kappa shape index (κ3) is 3.15. The highest BCUT2D eigenvalue weighted by Crippen LogP contribution is 2.42. The number of fused-ring (bicyclic) bond motifs is 2. The first-order valence-corrected chi connectivity index (χ1v) is 8.32. The van der Waals surface area contributed by atoms with Gasteiger partial charge in [-0.1, -0.05) is 0 Å². The van der Waals surface area contributed by atoms with Crippen molar-refractivity contribution in [2.45, 2.75) is 13.8 Å². The van der Waals surface area contributed by atoms with E-state index >= 15 is 0 Å². The first-order valence-electron chi connectivity index (χ1n) is 8.32. The molecule has 0 saturated carbocycles. The Morgan fingerprint density at radius 3 is 1.33 bits per heavy atom. The predicted molar refractivity (Wildman–Crippen MR) is 102 cm³/mol. The van der Waals surface area contributed by atoms with Gasteiger partial charge in [-0.3, -0.25) is 39.4 Å². The molecule has 0 aromatic heterocycles. The van der Waals surface area contributed by atoms with Crippen LogP contribution in [-0.2, 0) is 9.59 Å². The van der Waals surface area contributed by atoms with Crippen LogP contribution >= 0.6 is 0 Å². The Kier molecular flexibility index (Phi) is 4.84. The quantitative estimate of drug-likeness (QED) is 0.483. The van der Waals surface area contributed by atoms with Gasteiger partial charge in [0.2, 0.25) is 23.4 Å². The summed E-state index contributed by atoms with van der Waals surface area (Å²) in [6.45, 7) is 2.22. The zero-order valence-corrected chi connectivity index (χ0v) is 15.5. The van der Waals surface area contributed by atoms with Gasteiger partial charge >= 0.3 is 11.4 Å². The molecule has 2 aromatic rings. The number of nitro groups is 2. The van der Waals surface area contributed by atoms with Crippen LogP contribution < -0.4 is 10.6 Å². The Hall–Kier alpha value is -4.48. The third-order valence-corrected chi connectivity index (χ3v) is 4.29. The third-order valence-electron chi connectivity index (χ3n) is 4.29. The maximum absolute atomic E-state index is 13.0. The summed E-state index contributed by atoms with van der Waals surface area (Å²) < 4.78 is 0. The standard InChI is InChI=1S/C18H12N4O8/c1-7(23)19-11-5-3-9-13(15(11)21(27)28)17(25)10-4-6-12(20-8(2)24)16(22(29)30)14(10)18(9)26/h3-6H,1-2H3,(H,19,23)(H,20,24). The molecule has 12 nitrogen and oxygen atoms in total. The average molecular weight is 412 g/mol. The van der Waals surface area contributed by atoms with Crippen molar-refractivity contribution in [3.05, 3.63) is 66.7 Å². The first kappa shape index (κ1) is 20.3. The molecule has 152 valence electrons. The van der Waals surface area contributed by atoms with E-state index < -0.39 is 66.9 Å². The van der Waals surface area contributed by atoms with Gasteiger partial charge in [-0.15, -0.1) is 0 Å². The molecule has 0 spiro atoms. The number of anilines is 2. The van der Waals surface area contributed by atoms with Gasteiger partial charge in [0.05, 0.1) is 9.85 Å². The molecule has 0 saturated heterocycles. The van der Waals surface area contributed by atoms with Crippen molar-refractivity contribution in [1.29, 1.82) is 0 Å². The van der Waals surface area contributed by atoms with Crippen molar-refractivity contribution >= 4 is 46.1 Å². The summed E-state index contributed by atoms with van der Waals surface area (Å²) in [5.74, 6) is -3.25. The van der Waals surface area contributed by atoms with Crippen molar-refractivity contribution in [3.63, 3.8) is 0 Å². The number of ketones is 2. The van der Waals surface area contributed by atoms with Crippen LogP contribution in [0.25, 0.3) is 0 Å².